The maximum absolute atomic E-state index is 12.1. The minimum atomic E-state index is -0.392. The predicted octanol–water partition coefficient (Wildman–Crippen LogP) is 2.92. The van der Waals surface area contributed by atoms with Gasteiger partial charge in [-0.05, 0) is 15.9 Å². The van der Waals surface area contributed by atoms with Crippen LogP contribution in [-0.4, -0.2) is 29.1 Å². The fraction of sp³-hybridized carbons (Fsp3) is 0.154. The fourth-order valence-electron chi connectivity index (χ4n) is 1.78. The van der Waals surface area contributed by atoms with Crippen molar-refractivity contribution in [2.45, 2.75) is 0 Å². The van der Waals surface area contributed by atoms with Gasteiger partial charge >= 0.3 is 0 Å². The van der Waals surface area contributed by atoms with Crippen LogP contribution >= 0.6 is 27.5 Å². The minimum absolute atomic E-state index is 0.168. The van der Waals surface area contributed by atoms with E-state index >= 15 is 0 Å². The van der Waals surface area contributed by atoms with Gasteiger partial charge in [-0.15, -0.1) is 0 Å². The fourth-order valence-corrected chi connectivity index (χ4v) is 2.29. The van der Waals surface area contributed by atoms with Crippen LogP contribution < -0.4 is 14.8 Å². The van der Waals surface area contributed by atoms with Gasteiger partial charge in [0.05, 0.1) is 18.1 Å². The maximum Gasteiger partial charge on any atom is 0.275 e. The summed E-state index contributed by atoms with van der Waals surface area (Å²) in [6.45, 7) is 0.982. The zero-order chi connectivity index (χ0) is 14.8. The highest BCUT2D eigenvalue weighted by atomic mass is 79.9. The van der Waals surface area contributed by atoms with Crippen molar-refractivity contribution in [2.24, 2.45) is 0 Å². The second kappa shape index (κ2) is 5.87. The molecule has 21 heavy (non-hydrogen) atoms. The molecule has 0 radical (unpaired) electrons. The number of nitrogens with zero attached hydrogens (tertiary/aromatic N) is 2. The number of carbonyl (C=O) groups is 1. The highest BCUT2D eigenvalue weighted by Gasteiger charge is 2.17. The van der Waals surface area contributed by atoms with E-state index in [2.05, 4.69) is 31.2 Å². The number of ether oxygens (including phenoxy) is 2. The molecule has 0 saturated heterocycles. The van der Waals surface area contributed by atoms with Crippen molar-refractivity contribution >= 4 is 39.1 Å². The molecular weight excluding hydrogens is 362 g/mol. The number of halogens is 2. The van der Waals surface area contributed by atoms with Gasteiger partial charge < -0.3 is 14.8 Å². The Morgan fingerprint density at radius 1 is 1.19 bits per heavy atom. The zero-order valence-electron chi connectivity index (χ0n) is 10.6. The molecule has 108 valence electrons. The molecule has 1 aliphatic heterocycles. The highest BCUT2D eigenvalue weighted by Crippen LogP contribution is 2.38. The van der Waals surface area contributed by atoms with Gasteiger partial charge in [0.2, 0.25) is 0 Å². The second-order valence-electron chi connectivity index (χ2n) is 4.15. The van der Waals surface area contributed by atoms with Gasteiger partial charge in [-0.1, -0.05) is 11.6 Å². The van der Waals surface area contributed by atoms with E-state index in [9.17, 15) is 4.79 Å². The Balaban J connectivity index is 1.84. The number of hydrogen-bond donors (Lipinski definition) is 1. The lowest BCUT2D eigenvalue weighted by atomic mass is 10.2. The van der Waals surface area contributed by atoms with E-state index in [4.69, 9.17) is 21.1 Å². The molecule has 1 aromatic heterocycles. The number of benzene rings is 1. The van der Waals surface area contributed by atoms with E-state index in [1.54, 1.807) is 12.1 Å². The summed E-state index contributed by atoms with van der Waals surface area (Å²) in [6.07, 6.45) is 2.62. The van der Waals surface area contributed by atoms with Crippen molar-refractivity contribution in [2.75, 3.05) is 18.5 Å². The minimum Gasteiger partial charge on any atom is -0.486 e. The van der Waals surface area contributed by atoms with Crippen molar-refractivity contribution in [1.29, 1.82) is 0 Å². The Labute approximate surface area is 133 Å². The normalized spacial score (nSPS) is 12.9. The van der Waals surface area contributed by atoms with Crippen molar-refractivity contribution in [3.05, 3.63) is 39.8 Å². The number of rotatable bonds is 2. The molecule has 0 saturated carbocycles. The maximum atomic E-state index is 12.1. The summed E-state index contributed by atoms with van der Waals surface area (Å²) in [4.78, 5) is 19.8. The van der Waals surface area contributed by atoms with Crippen LogP contribution in [0.3, 0.4) is 0 Å². The number of fused-ring (bicyclic) bond motifs is 1. The molecule has 1 N–H and O–H groups in total. The number of anilines is 1. The molecule has 1 amide bonds. The van der Waals surface area contributed by atoms with Crippen molar-refractivity contribution < 1.29 is 14.3 Å². The molecule has 0 fully saturated rings. The smallest absolute Gasteiger partial charge is 0.275 e. The summed E-state index contributed by atoms with van der Waals surface area (Å²) in [5.41, 5.74) is 0.724. The third kappa shape index (κ3) is 3.08. The van der Waals surface area contributed by atoms with E-state index in [1.807, 2.05) is 0 Å². The average Bonchev–Trinajstić information content (AvgIpc) is 2.48. The zero-order valence-corrected chi connectivity index (χ0v) is 12.9. The summed E-state index contributed by atoms with van der Waals surface area (Å²) in [5, 5.41) is 2.96. The van der Waals surface area contributed by atoms with Gasteiger partial charge in [-0.25, -0.2) is 9.97 Å². The van der Waals surface area contributed by atoms with Crippen molar-refractivity contribution in [1.82, 2.24) is 9.97 Å². The van der Waals surface area contributed by atoms with Crippen LogP contribution in [0.1, 0.15) is 10.5 Å². The molecule has 1 aliphatic rings. The van der Waals surface area contributed by atoms with Crippen molar-refractivity contribution in [3.63, 3.8) is 0 Å². The largest absolute Gasteiger partial charge is 0.486 e. The van der Waals surface area contributed by atoms with Gasteiger partial charge in [0.15, 0.2) is 11.5 Å². The lowest BCUT2D eigenvalue weighted by Gasteiger charge is -2.20. The van der Waals surface area contributed by atoms with Crippen LogP contribution in [0.25, 0.3) is 0 Å². The highest BCUT2D eigenvalue weighted by molar-refractivity contribution is 9.10. The molecular formula is C13H9BrClN3O3. The van der Waals surface area contributed by atoms with Gasteiger partial charge in [0, 0.05) is 16.6 Å². The van der Waals surface area contributed by atoms with E-state index in [0.717, 1.165) is 0 Å². The summed E-state index contributed by atoms with van der Waals surface area (Å²) in [5.74, 6) is 0.830. The predicted molar refractivity (Wildman–Crippen MR) is 80.1 cm³/mol. The van der Waals surface area contributed by atoms with Gasteiger partial charge in [-0.2, -0.15) is 0 Å². The van der Waals surface area contributed by atoms with E-state index in [-0.39, 0.29) is 10.8 Å². The Bertz CT molecular complexity index is 694. The van der Waals surface area contributed by atoms with Gasteiger partial charge in [0.25, 0.3) is 5.91 Å². The molecule has 0 spiro atoms. The molecule has 6 nitrogen and oxygen atoms in total. The summed E-state index contributed by atoms with van der Waals surface area (Å²) < 4.78 is 11.6. The number of amides is 1. The average molecular weight is 371 g/mol. The summed E-state index contributed by atoms with van der Waals surface area (Å²) in [7, 11) is 0. The third-order valence-corrected chi connectivity index (χ3v) is 3.58. The number of hydrogen-bond acceptors (Lipinski definition) is 5. The molecule has 1 aromatic carbocycles. The molecule has 0 bridgehead atoms. The lowest BCUT2D eigenvalue weighted by molar-refractivity contribution is 0.102. The summed E-state index contributed by atoms with van der Waals surface area (Å²) >= 11 is 9.02. The van der Waals surface area contributed by atoms with E-state index in [0.29, 0.717) is 34.9 Å². The standard InChI is InChI=1S/C13H9BrClN3O3/c14-7-3-10-11(21-2-1-20-10)4-8(7)18-13(19)9-5-17-12(15)6-16-9/h3-6H,1-2H2,(H,18,19). The van der Waals surface area contributed by atoms with Crippen LogP contribution in [0.4, 0.5) is 5.69 Å². The van der Waals surface area contributed by atoms with Crippen LogP contribution in [0.15, 0.2) is 29.0 Å². The Morgan fingerprint density at radius 2 is 1.90 bits per heavy atom. The summed E-state index contributed by atoms with van der Waals surface area (Å²) in [6, 6.07) is 3.44. The number of aromatic nitrogens is 2. The third-order valence-electron chi connectivity index (χ3n) is 2.73. The molecule has 0 aliphatic carbocycles. The van der Waals surface area contributed by atoms with E-state index < -0.39 is 5.91 Å². The first-order chi connectivity index (χ1) is 10.1. The van der Waals surface area contributed by atoms with Crippen LogP contribution in [-0.2, 0) is 0 Å². The molecule has 2 heterocycles. The topological polar surface area (TPSA) is 73.3 Å². The first-order valence-electron chi connectivity index (χ1n) is 6.01. The van der Waals surface area contributed by atoms with E-state index in [1.165, 1.54) is 12.4 Å². The SMILES string of the molecule is O=C(Nc1cc2c(cc1Br)OCCO2)c1cnc(Cl)cn1. The molecule has 3 rings (SSSR count). The Kier molecular flexibility index (Phi) is 3.94. The Morgan fingerprint density at radius 3 is 2.57 bits per heavy atom. The van der Waals surface area contributed by atoms with Crippen LogP contribution in [0.5, 0.6) is 11.5 Å². The second-order valence-corrected chi connectivity index (χ2v) is 5.40. The van der Waals surface area contributed by atoms with Gasteiger partial charge in [-0.3, -0.25) is 4.79 Å². The monoisotopic (exact) mass is 369 g/mol. The Hall–Kier alpha value is -1.86. The molecule has 2 aromatic rings. The quantitative estimate of drug-likeness (QED) is 0.880. The van der Waals surface area contributed by atoms with Gasteiger partial charge in [0.1, 0.15) is 24.1 Å². The first kappa shape index (κ1) is 14.1. The molecule has 0 unspecified atom stereocenters. The molecule has 0 atom stereocenters. The lowest BCUT2D eigenvalue weighted by Crippen LogP contribution is -2.17. The molecule has 8 heteroatoms. The number of nitrogens with one attached hydrogen (secondary N) is 1. The first-order valence-corrected chi connectivity index (χ1v) is 7.18. The van der Waals surface area contributed by atoms with Crippen LogP contribution in [0.2, 0.25) is 5.15 Å². The van der Waals surface area contributed by atoms with Crippen molar-refractivity contribution in [3.8, 4) is 11.5 Å². The van der Waals surface area contributed by atoms with Crippen LogP contribution in [0, 0.1) is 0 Å². The number of carbonyl (C=O) groups excluding carboxylic acids is 1.